The molecule has 2 aliphatic rings. The average molecular weight is 236 g/mol. The molecule has 2 rings (SSSR count). The van der Waals surface area contributed by atoms with Crippen LogP contribution in [0.25, 0.3) is 0 Å². The van der Waals surface area contributed by atoms with E-state index in [2.05, 4.69) is 30.6 Å². The normalized spacial score (nSPS) is 29.8. The van der Waals surface area contributed by atoms with Crippen LogP contribution in [0.3, 0.4) is 0 Å². The monoisotopic (exact) mass is 236 g/mol. The van der Waals surface area contributed by atoms with Gasteiger partial charge < -0.3 is 10.2 Å². The van der Waals surface area contributed by atoms with Gasteiger partial charge in [0.05, 0.1) is 0 Å². The highest BCUT2D eigenvalue weighted by Crippen LogP contribution is 2.26. The first-order valence-electron chi connectivity index (χ1n) is 7.32. The Labute approximate surface area is 106 Å². The molecule has 2 fully saturated rings. The number of rotatable bonds is 5. The molecule has 0 bridgehead atoms. The zero-order valence-electron chi connectivity index (χ0n) is 11.5. The number of hydrogen-bond donors (Lipinski definition) is 1. The predicted octanol–water partition coefficient (Wildman–Crippen LogP) is 3.15. The van der Waals surface area contributed by atoms with Gasteiger partial charge >= 0.3 is 0 Å². The average Bonchev–Trinajstić information content (AvgIpc) is 2.90. The van der Waals surface area contributed by atoms with Crippen molar-refractivity contribution in [1.29, 1.82) is 0 Å². The maximum atomic E-state index is 4.17. The van der Waals surface area contributed by atoms with E-state index in [0.717, 1.165) is 18.0 Å². The second kappa shape index (κ2) is 5.90. The highest BCUT2D eigenvalue weighted by atomic mass is 15.2. The Morgan fingerprint density at radius 2 is 2.06 bits per heavy atom. The summed E-state index contributed by atoms with van der Waals surface area (Å²) in [6.07, 6.45) is 8.21. The number of allylic oxidation sites excluding steroid dienone is 1. The van der Waals surface area contributed by atoms with Gasteiger partial charge in [-0.25, -0.2) is 0 Å². The van der Waals surface area contributed by atoms with Crippen molar-refractivity contribution in [2.45, 2.75) is 64.5 Å². The first-order valence-corrected chi connectivity index (χ1v) is 7.32. The maximum Gasteiger partial charge on any atom is 0.0286 e. The smallest absolute Gasteiger partial charge is 0.0286 e. The Morgan fingerprint density at radius 1 is 1.35 bits per heavy atom. The van der Waals surface area contributed by atoms with E-state index in [0.29, 0.717) is 0 Å². The Hall–Kier alpha value is -0.500. The third-order valence-electron chi connectivity index (χ3n) is 4.42. The Bertz CT molecular complexity index is 256. The first kappa shape index (κ1) is 12.9. The summed E-state index contributed by atoms with van der Waals surface area (Å²) < 4.78 is 0. The molecule has 0 aromatic rings. The third kappa shape index (κ3) is 3.48. The molecule has 2 nitrogen and oxygen atoms in total. The van der Waals surface area contributed by atoms with Crippen molar-refractivity contribution in [1.82, 2.24) is 10.2 Å². The van der Waals surface area contributed by atoms with Gasteiger partial charge in [0, 0.05) is 24.3 Å². The summed E-state index contributed by atoms with van der Waals surface area (Å²) in [7, 11) is 0. The van der Waals surface area contributed by atoms with Gasteiger partial charge in [-0.1, -0.05) is 26.3 Å². The van der Waals surface area contributed by atoms with Crippen LogP contribution in [0.15, 0.2) is 12.3 Å². The molecular weight excluding hydrogens is 208 g/mol. The van der Waals surface area contributed by atoms with E-state index in [1.807, 2.05) is 0 Å². The van der Waals surface area contributed by atoms with Crippen molar-refractivity contribution in [2.75, 3.05) is 13.1 Å². The van der Waals surface area contributed by atoms with Crippen LogP contribution >= 0.6 is 0 Å². The number of nitrogens with zero attached hydrogens (tertiary/aromatic N) is 1. The fourth-order valence-electron chi connectivity index (χ4n) is 3.44. The fourth-order valence-corrected chi connectivity index (χ4v) is 3.44. The largest absolute Gasteiger partial charge is 0.372 e. The van der Waals surface area contributed by atoms with Crippen molar-refractivity contribution < 1.29 is 0 Å². The van der Waals surface area contributed by atoms with Crippen LogP contribution in [-0.2, 0) is 0 Å². The summed E-state index contributed by atoms with van der Waals surface area (Å²) >= 11 is 0. The Kier molecular flexibility index (Phi) is 4.49. The van der Waals surface area contributed by atoms with E-state index >= 15 is 0 Å². The molecule has 0 spiro atoms. The lowest BCUT2D eigenvalue weighted by Gasteiger charge is -2.32. The molecule has 1 heterocycles. The Morgan fingerprint density at radius 3 is 2.59 bits per heavy atom. The molecule has 2 unspecified atom stereocenters. The molecule has 2 atom stereocenters. The van der Waals surface area contributed by atoms with Crippen molar-refractivity contribution in [3.05, 3.63) is 12.3 Å². The lowest BCUT2D eigenvalue weighted by molar-refractivity contribution is 0.244. The van der Waals surface area contributed by atoms with Gasteiger partial charge in [0.1, 0.15) is 0 Å². The topological polar surface area (TPSA) is 15.3 Å². The van der Waals surface area contributed by atoms with Gasteiger partial charge in [0.15, 0.2) is 0 Å². The Balaban J connectivity index is 1.79. The quantitative estimate of drug-likeness (QED) is 0.789. The zero-order valence-corrected chi connectivity index (χ0v) is 11.5. The predicted molar refractivity (Wildman–Crippen MR) is 74.0 cm³/mol. The van der Waals surface area contributed by atoms with E-state index < -0.39 is 0 Å². The van der Waals surface area contributed by atoms with Crippen molar-refractivity contribution in [3.63, 3.8) is 0 Å². The lowest BCUT2D eigenvalue weighted by Crippen LogP contribution is -2.35. The molecule has 1 aliphatic heterocycles. The van der Waals surface area contributed by atoms with Gasteiger partial charge in [-0.05, 0) is 45.1 Å². The van der Waals surface area contributed by atoms with Gasteiger partial charge in [-0.15, -0.1) is 0 Å². The number of hydrogen-bond acceptors (Lipinski definition) is 2. The molecule has 98 valence electrons. The van der Waals surface area contributed by atoms with Crippen LogP contribution in [0, 0.1) is 5.92 Å². The van der Waals surface area contributed by atoms with E-state index in [-0.39, 0.29) is 0 Å². The first-order chi connectivity index (χ1) is 8.16. The van der Waals surface area contributed by atoms with E-state index in [9.17, 15) is 0 Å². The molecule has 0 radical (unpaired) electrons. The minimum atomic E-state index is 0.744. The van der Waals surface area contributed by atoms with Crippen LogP contribution in [0.5, 0.6) is 0 Å². The van der Waals surface area contributed by atoms with E-state index in [1.54, 1.807) is 0 Å². The van der Waals surface area contributed by atoms with Crippen LogP contribution in [0.4, 0.5) is 0 Å². The second-order valence-electron chi connectivity index (χ2n) is 6.10. The van der Waals surface area contributed by atoms with E-state index in [1.165, 1.54) is 57.3 Å². The highest BCUT2D eigenvalue weighted by molar-refractivity contribution is 4.95. The molecule has 1 saturated heterocycles. The minimum absolute atomic E-state index is 0.744. The summed E-state index contributed by atoms with van der Waals surface area (Å²) in [5, 5.41) is 3.63. The molecule has 0 amide bonds. The second-order valence-corrected chi connectivity index (χ2v) is 6.10. The van der Waals surface area contributed by atoms with Gasteiger partial charge in [-0.3, -0.25) is 0 Å². The third-order valence-corrected chi connectivity index (χ3v) is 4.42. The van der Waals surface area contributed by atoms with Crippen molar-refractivity contribution in [3.8, 4) is 0 Å². The van der Waals surface area contributed by atoms with Crippen LogP contribution in [-0.4, -0.2) is 30.1 Å². The van der Waals surface area contributed by atoms with Crippen molar-refractivity contribution >= 4 is 0 Å². The molecule has 0 aromatic heterocycles. The van der Waals surface area contributed by atoms with Crippen LogP contribution in [0.2, 0.25) is 0 Å². The summed E-state index contributed by atoms with van der Waals surface area (Å²) in [5.74, 6) is 0.866. The zero-order chi connectivity index (χ0) is 12.3. The van der Waals surface area contributed by atoms with Gasteiger partial charge in [-0.2, -0.15) is 0 Å². The SMILES string of the molecule is C=C(C)N(CCC1CC(C)CN1)C1CCCC1. The fraction of sp³-hybridized carbons (Fsp3) is 0.867. The minimum Gasteiger partial charge on any atom is -0.372 e. The molecule has 17 heavy (non-hydrogen) atoms. The van der Waals surface area contributed by atoms with Gasteiger partial charge in [0.2, 0.25) is 0 Å². The number of nitrogens with one attached hydrogen (secondary N) is 1. The summed E-state index contributed by atoms with van der Waals surface area (Å²) in [6.45, 7) is 11.1. The van der Waals surface area contributed by atoms with E-state index in [4.69, 9.17) is 0 Å². The van der Waals surface area contributed by atoms with Gasteiger partial charge in [0.25, 0.3) is 0 Å². The summed E-state index contributed by atoms with van der Waals surface area (Å²) in [5.41, 5.74) is 1.27. The lowest BCUT2D eigenvalue weighted by atomic mass is 10.0. The summed E-state index contributed by atoms with van der Waals surface area (Å²) in [4.78, 5) is 2.57. The van der Waals surface area contributed by atoms with Crippen LogP contribution < -0.4 is 5.32 Å². The summed E-state index contributed by atoms with van der Waals surface area (Å²) in [6, 6.07) is 1.53. The molecular formula is C15H28N2. The molecule has 0 aromatic carbocycles. The molecule has 1 N–H and O–H groups in total. The van der Waals surface area contributed by atoms with Crippen molar-refractivity contribution in [2.24, 2.45) is 5.92 Å². The highest BCUT2D eigenvalue weighted by Gasteiger charge is 2.25. The molecule has 2 heteroatoms. The van der Waals surface area contributed by atoms with Crippen LogP contribution in [0.1, 0.15) is 52.4 Å². The molecule has 1 saturated carbocycles. The maximum absolute atomic E-state index is 4.17. The molecule has 1 aliphatic carbocycles. The standard InChI is InChI=1S/C15H28N2/c1-12(2)17(15-6-4-5-7-15)9-8-14-10-13(3)11-16-14/h13-16H,1,4-11H2,2-3H3.